The fourth-order valence-electron chi connectivity index (χ4n) is 2.49. The highest BCUT2D eigenvalue weighted by molar-refractivity contribution is 9.10. The van der Waals surface area contributed by atoms with Gasteiger partial charge in [-0.05, 0) is 72.1 Å². The van der Waals surface area contributed by atoms with Crippen molar-refractivity contribution in [1.29, 1.82) is 0 Å². The summed E-state index contributed by atoms with van der Waals surface area (Å²) in [5.41, 5.74) is 4.23. The van der Waals surface area contributed by atoms with Crippen molar-refractivity contribution in [3.63, 3.8) is 0 Å². The van der Waals surface area contributed by atoms with Crippen LogP contribution in [-0.4, -0.2) is 10.5 Å². The highest BCUT2D eigenvalue weighted by Crippen LogP contribution is 2.22. The zero-order chi connectivity index (χ0) is 16.6. The molecule has 0 radical (unpaired) electrons. The Morgan fingerprint density at radius 1 is 1.22 bits per heavy atom. The van der Waals surface area contributed by atoms with Crippen LogP contribution in [0.2, 0.25) is 0 Å². The summed E-state index contributed by atoms with van der Waals surface area (Å²) >= 11 is 4.98. The summed E-state index contributed by atoms with van der Waals surface area (Å²) in [6.07, 6.45) is 0. The molecule has 3 nitrogen and oxygen atoms in total. The third-order valence-corrected chi connectivity index (χ3v) is 5.65. The molecule has 0 aliphatic carbocycles. The third-order valence-electron chi connectivity index (χ3n) is 3.92. The van der Waals surface area contributed by atoms with Gasteiger partial charge in [-0.1, -0.05) is 23.5 Å². The Morgan fingerprint density at radius 2 is 1.91 bits per heavy atom. The Kier molecular flexibility index (Phi) is 4.50. The minimum atomic E-state index is -0.223. The lowest BCUT2D eigenvalue weighted by molar-refractivity contribution is 0.0997. The molecular weight excluding hydrogens is 372 g/mol. The van der Waals surface area contributed by atoms with Crippen LogP contribution in [0.1, 0.15) is 28.4 Å². The van der Waals surface area contributed by atoms with Crippen LogP contribution in [0, 0.1) is 13.8 Å². The normalized spacial score (nSPS) is 12.1. The molecule has 23 heavy (non-hydrogen) atoms. The van der Waals surface area contributed by atoms with Gasteiger partial charge < -0.3 is 4.57 Å². The van der Waals surface area contributed by atoms with Crippen molar-refractivity contribution >= 4 is 43.4 Å². The minimum absolute atomic E-state index is 0.223. The van der Waals surface area contributed by atoms with Crippen molar-refractivity contribution < 1.29 is 4.79 Å². The summed E-state index contributed by atoms with van der Waals surface area (Å²) in [4.78, 5) is 17.6. The Morgan fingerprint density at radius 3 is 2.61 bits per heavy atom. The minimum Gasteiger partial charge on any atom is -0.317 e. The smallest absolute Gasteiger partial charge is 0.280 e. The molecule has 2 aromatic carbocycles. The molecule has 0 aliphatic rings. The topological polar surface area (TPSA) is 34.4 Å². The number of fused-ring (bicyclic) bond motifs is 1. The molecule has 0 N–H and O–H groups in total. The summed E-state index contributed by atoms with van der Waals surface area (Å²) < 4.78 is 4.03. The fourth-order valence-corrected chi connectivity index (χ4v) is 4.12. The van der Waals surface area contributed by atoms with E-state index in [2.05, 4.69) is 58.4 Å². The highest BCUT2D eigenvalue weighted by atomic mass is 79.9. The Labute approximate surface area is 147 Å². The highest BCUT2D eigenvalue weighted by Gasteiger charge is 2.11. The van der Waals surface area contributed by atoms with Crippen LogP contribution in [0.3, 0.4) is 0 Å². The van der Waals surface area contributed by atoms with Gasteiger partial charge in [-0.25, -0.2) is 0 Å². The van der Waals surface area contributed by atoms with Crippen LogP contribution in [0.4, 0.5) is 0 Å². The van der Waals surface area contributed by atoms with Gasteiger partial charge in [-0.15, -0.1) is 0 Å². The number of rotatable bonds is 2. The molecule has 0 aliphatic heterocycles. The largest absolute Gasteiger partial charge is 0.317 e. The number of hydrogen-bond acceptors (Lipinski definition) is 2. The van der Waals surface area contributed by atoms with E-state index in [-0.39, 0.29) is 5.91 Å². The third kappa shape index (κ3) is 3.03. The predicted molar refractivity (Wildman–Crippen MR) is 99.0 cm³/mol. The van der Waals surface area contributed by atoms with Crippen LogP contribution in [0.25, 0.3) is 10.2 Å². The first kappa shape index (κ1) is 16.1. The predicted octanol–water partition coefficient (Wildman–Crippen LogP) is 4.84. The molecule has 0 fully saturated rings. The number of aromatic nitrogens is 1. The Bertz CT molecular complexity index is 969. The number of hydrogen-bond donors (Lipinski definition) is 0. The first-order valence-electron chi connectivity index (χ1n) is 7.45. The van der Waals surface area contributed by atoms with Crippen LogP contribution >= 0.6 is 27.3 Å². The molecule has 3 rings (SSSR count). The van der Waals surface area contributed by atoms with Gasteiger partial charge in [-0.3, -0.25) is 4.79 Å². The number of amides is 1. The van der Waals surface area contributed by atoms with Crippen molar-refractivity contribution in [3.8, 4) is 0 Å². The molecule has 0 bridgehead atoms. The van der Waals surface area contributed by atoms with Crippen LogP contribution < -0.4 is 4.80 Å². The number of carbonyl (C=O) groups is 1. The monoisotopic (exact) mass is 388 g/mol. The lowest BCUT2D eigenvalue weighted by Gasteiger charge is -2.03. The maximum atomic E-state index is 12.5. The number of halogens is 1. The zero-order valence-corrected chi connectivity index (χ0v) is 15.7. The number of nitrogens with zero attached hydrogens (tertiary/aromatic N) is 2. The summed E-state index contributed by atoms with van der Waals surface area (Å²) in [6.45, 7) is 7.07. The van der Waals surface area contributed by atoms with E-state index in [4.69, 9.17) is 0 Å². The van der Waals surface area contributed by atoms with E-state index in [9.17, 15) is 4.79 Å². The fraction of sp³-hybridized carbons (Fsp3) is 0.222. The van der Waals surface area contributed by atoms with Crippen molar-refractivity contribution in [2.24, 2.45) is 4.99 Å². The second kappa shape index (κ2) is 6.42. The SMILES string of the molecule is CCn1c(=NC(=O)c2ccccc2Br)sc2cc(C)c(C)cc21. The molecular formula is C18H17BrN2OS. The number of aryl methyl sites for hydroxylation is 3. The van der Waals surface area contributed by atoms with Crippen molar-refractivity contribution in [2.45, 2.75) is 27.3 Å². The second-order valence-electron chi connectivity index (χ2n) is 5.43. The summed E-state index contributed by atoms with van der Waals surface area (Å²) in [7, 11) is 0. The number of carbonyl (C=O) groups excluding carboxylic acids is 1. The molecule has 0 saturated heterocycles. The van der Waals surface area contributed by atoms with Crippen molar-refractivity contribution in [2.75, 3.05) is 0 Å². The summed E-state index contributed by atoms with van der Waals surface area (Å²) in [5, 5.41) is 0. The van der Waals surface area contributed by atoms with E-state index >= 15 is 0 Å². The van der Waals surface area contributed by atoms with Gasteiger partial charge in [0.05, 0.1) is 15.8 Å². The van der Waals surface area contributed by atoms with Crippen molar-refractivity contribution in [3.05, 3.63) is 62.4 Å². The van der Waals surface area contributed by atoms with E-state index in [1.165, 1.54) is 11.1 Å². The molecule has 118 valence electrons. The summed E-state index contributed by atoms with van der Waals surface area (Å²) in [5.74, 6) is -0.223. The molecule has 1 heterocycles. The van der Waals surface area contributed by atoms with Gasteiger partial charge >= 0.3 is 0 Å². The summed E-state index contributed by atoms with van der Waals surface area (Å²) in [6, 6.07) is 11.7. The first-order chi connectivity index (χ1) is 11.0. The average Bonchev–Trinajstić information content (AvgIpc) is 2.84. The Hall–Kier alpha value is -1.72. The van der Waals surface area contributed by atoms with Gasteiger partial charge in [0.1, 0.15) is 0 Å². The second-order valence-corrected chi connectivity index (χ2v) is 7.29. The van der Waals surface area contributed by atoms with Gasteiger partial charge in [0.25, 0.3) is 5.91 Å². The van der Waals surface area contributed by atoms with E-state index < -0.39 is 0 Å². The van der Waals surface area contributed by atoms with E-state index in [0.717, 1.165) is 26.0 Å². The maximum Gasteiger partial charge on any atom is 0.280 e. The first-order valence-corrected chi connectivity index (χ1v) is 9.06. The van der Waals surface area contributed by atoms with Gasteiger partial charge in [0.2, 0.25) is 0 Å². The van der Waals surface area contributed by atoms with Gasteiger partial charge in [0.15, 0.2) is 4.80 Å². The molecule has 0 spiro atoms. The lowest BCUT2D eigenvalue weighted by atomic mass is 10.1. The Balaban J connectivity index is 2.19. The average molecular weight is 389 g/mol. The maximum absolute atomic E-state index is 12.5. The standard InChI is InChI=1S/C18H17BrN2OS/c1-4-21-15-9-11(2)12(3)10-16(15)23-18(21)20-17(22)13-7-5-6-8-14(13)19/h5-10H,4H2,1-3H3. The zero-order valence-electron chi connectivity index (χ0n) is 13.3. The molecule has 1 amide bonds. The van der Waals surface area contributed by atoms with Crippen molar-refractivity contribution in [1.82, 2.24) is 4.57 Å². The number of thiazole rings is 1. The molecule has 5 heteroatoms. The van der Waals surface area contributed by atoms with E-state index in [1.54, 1.807) is 17.4 Å². The molecule has 3 aromatic rings. The number of benzene rings is 2. The van der Waals surface area contributed by atoms with E-state index in [1.807, 2.05) is 18.2 Å². The lowest BCUT2D eigenvalue weighted by Crippen LogP contribution is -2.16. The van der Waals surface area contributed by atoms with E-state index in [0.29, 0.717) is 5.56 Å². The van der Waals surface area contributed by atoms with Gasteiger partial charge in [0, 0.05) is 11.0 Å². The van der Waals surface area contributed by atoms with Crippen LogP contribution in [0.15, 0.2) is 45.9 Å². The van der Waals surface area contributed by atoms with Crippen LogP contribution in [-0.2, 0) is 6.54 Å². The van der Waals surface area contributed by atoms with Crippen LogP contribution in [0.5, 0.6) is 0 Å². The quantitative estimate of drug-likeness (QED) is 0.617. The molecule has 0 unspecified atom stereocenters. The molecule has 1 aromatic heterocycles. The van der Waals surface area contributed by atoms with Gasteiger partial charge in [-0.2, -0.15) is 4.99 Å². The molecule has 0 atom stereocenters. The molecule has 0 saturated carbocycles.